The molecule has 28 heavy (non-hydrogen) atoms. The van der Waals surface area contributed by atoms with Crippen molar-refractivity contribution in [2.75, 3.05) is 13.2 Å². The van der Waals surface area contributed by atoms with E-state index >= 15 is 0 Å². The minimum absolute atomic E-state index is 0.135. The first kappa shape index (κ1) is 19.7. The van der Waals surface area contributed by atoms with Crippen LogP contribution in [-0.4, -0.2) is 31.5 Å². The Balaban J connectivity index is 1.57. The van der Waals surface area contributed by atoms with Crippen LogP contribution in [0, 0.1) is 17.0 Å². The van der Waals surface area contributed by atoms with E-state index in [1.807, 2.05) is 30.3 Å². The van der Waals surface area contributed by atoms with Gasteiger partial charge in [0.25, 0.3) is 5.69 Å². The molecule has 146 valence electrons. The average molecular weight is 401 g/mol. The number of ether oxygens (including phenoxy) is 1. The molecule has 0 saturated heterocycles. The molecule has 1 N–H and O–H groups in total. The van der Waals surface area contributed by atoms with Crippen LogP contribution in [0.5, 0.6) is 5.75 Å². The normalized spacial score (nSPS) is 11.5. The molecule has 8 nitrogen and oxygen atoms in total. The maximum Gasteiger partial charge on any atom is 0.273 e. The Hall–Kier alpha value is -3.04. The molecule has 0 radical (unpaired) electrons. The fourth-order valence-electron chi connectivity index (χ4n) is 2.69. The number of hydrogen-bond donors (Lipinski definition) is 1. The van der Waals surface area contributed by atoms with Crippen molar-refractivity contribution in [1.29, 1.82) is 0 Å². The smallest absolute Gasteiger partial charge is 0.273 e. The van der Waals surface area contributed by atoms with E-state index in [9.17, 15) is 18.5 Å². The largest absolute Gasteiger partial charge is 0.491 e. The van der Waals surface area contributed by atoms with E-state index in [4.69, 9.17) is 4.74 Å². The lowest BCUT2D eigenvalue weighted by Crippen LogP contribution is -2.26. The highest BCUT2D eigenvalue weighted by Gasteiger charge is 2.19. The fourth-order valence-corrected chi connectivity index (χ4v) is 3.78. The van der Waals surface area contributed by atoms with Gasteiger partial charge in [0.1, 0.15) is 11.3 Å². The van der Waals surface area contributed by atoms with E-state index < -0.39 is 14.9 Å². The number of benzene rings is 2. The summed E-state index contributed by atoms with van der Waals surface area (Å²) in [7, 11) is -3.84. The molecule has 1 aromatic heterocycles. The average Bonchev–Trinajstić information content (AvgIpc) is 2.67. The quantitative estimate of drug-likeness (QED) is 0.352. The zero-order valence-corrected chi connectivity index (χ0v) is 16.0. The molecular weight excluding hydrogens is 382 g/mol. The second-order valence-electron chi connectivity index (χ2n) is 6.14. The van der Waals surface area contributed by atoms with Gasteiger partial charge < -0.3 is 4.74 Å². The highest BCUT2D eigenvalue weighted by molar-refractivity contribution is 7.89. The number of para-hydroxylation sites is 1. The van der Waals surface area contributed by atoms with Crippen LogP contribution in [0.2, 0.25) is 0 Å². The van der Waals surface area contributed by atoms with Gasteiger partial charge in [-0.2, -0.15) is 0 Å². The van der Waals surface area contributed by atoms with Gasteiger partial charge in [-0.3, -0.25) is 15.1 Å². The number of fused-ring (bicyclic) bond motifs is 1. The highest BCUT2D eigenvalue weighted by Crippen LogP contribution is 2.23. The molecule has 3 aromatic rings. The van der Waals surface area contributed by atoms with E-state index in [1.165, 1.54) is 12.1 Å². The number of aromatic nitrogens is 1. The van der Waals surface area contributed by atoms with Crippen LogP contribution in [0.1, 0.15) is 12.0 Å². The number of rotatable bonds is 8. The number of hydrogen-bond acceptors (Lipinski definition) is 6. The van der Waals surface area contributed by atoms with Crippen molar-refractivity contribution >= 4 is 26.6 Å². The lowest BCUT2D eigenvalue weighted by atomic mass is 10.2. The van der Waals surface area contributed by atoms with E-state index in [1.54, 1.807) is 13.1 Å². The van der Waals surface area contributed by atoms with Crippen molar-refractivity contribution in [3.63, 3.8) is 0 Å². The molecule has 0 aliphatic carbocycles. The molecule has 0 spiro atoms. The van der Waals surface area contributed by atoms with Crippen molar-refractivity contribution < 1.29 is 18.1 Å². The maximum atomic E-state index is 12.3. The fraction of sp³-hybridized carbons (Fsp3) is 0.211. The van der Waals surface area contributed by atoms with Crippen molar-refractivity contribution in [1.82, 2.24) is 9.71 Å². The van der Waals surface area contributed by atoms with Gasteiger partial charge in [-0.05, 0) is 31.5 Å². The van der Waals surface area contributed by atoms with Crippen LogP contribution >= 0.6 is 0 Å². The van der Waals surface area contributed by atoms with Gasteiger partial charge in [0, 0.05) is 29.8 Å². The van der Waals surface area contributed by atoms with E-state index in [0.29, 0.717) is 24.3 Å². The van der Waals surface area contributed by atoms with E-state index in [2.05, 4.69) is 9.71 Å². The lowest BCUT2D eigenvalue weighted by molar-refractivity contribution is -0.385. The summed E-state index contributed by atoms with van der Waals surface area (Å²) in [6.07, 6.45) is 2.11. The molecule has 9 heteroatoms. The third-order valence-corrected chi connectivity index (χ3v) is 5.61. The lowest BCUT2D eigenvalue weighted by Gasteiger charge is -2.10. The molecule has 0 unspecified atom stereocenters. The second-order valence-corrected chi connectivity index (χ2v) is 7.90. The second kappa shape index (κ2) is 8.32. The number of nitrogens with one attached hydrogen (secondary N) is 1. The number of sulfonamides is 1. The third-order valence-electron chi connectivity index (χ3n) is 4.15. The van der Waals surface area contributed by atoms with Crippen LogP contribution < -0.4 is 9.46 Å². The maximum absolute atomic E-state index is 12.3. The Morgan fingerprint density at radius 2 is 1.96 bits per heavy atom. The van der Waals surface area contributed by atoms with Crippen molar-refractivity contribution in [3.8, 4) is 5.75 Å². The van der Waals surface area contributed by atoms with E-state index in [0.717, 1.165) is 17.0 Å². The first-order valence-corrected chi connectivity index (χ1v) is 10.1. The minimum Gasteiger partial charge on any atom is -0.491 e. The Bertz CT molecular complexity index is 1110. The summed E-state index contributed by atoms with van der Waals surface area (Å²) in [5.74, 6) is 0.634. The first-order chi connectivity index (χ1) is 13.4. The SMILES string of the molecule is Cc1ccc(S(=O)(=O)NCCCOc2cccc3cccnc23)cc1[N+](=O)[O-]. The molecule has 0 aliphatic heterocycles. The zero-order valence-electron chi connectivity index (χ0n) is 15.2. The molecule has 0 aliphatic rings. The Kier molecular flexibility index (Phi) is 5.86. The van der Waals surface area contributed by atoms with Gasteiger partial charge in [-0.25, -0.2) is 13.1 Å². The molecule has 0 atom stereocenters. The zero-order chi connectivity index (χ0) is 20.1. The predicted octanol–water partition coefficient (Wildman–Crippen LogP) is 3.20. The molecule has 0 saturated carbocycles. The molecular formula is C19H19N3O5S. The summed E-state index contributed by atoms with van der Waals surface area (Å²) in [4.78, 5) is 14.6. The molecule has 0 fully saturated rings. The van der Waals surface area contributed by atoms with E-state index in [-0.39, 0.29) is 17.1 Å². The van der Waals surface area contributed by atoms with Crippen LogP contribution in [0.25, 0.3) is 10.9 Å². The van der Waals surface area contributed by atoms with Crippen LogP contribution in [0.4, 0.5) is 5.69 Å². The number of aryl methyl sites for hydroxylation is 1. The molecule has 0 amide bonds. The predicted molar refractivity (Wildman–Crippen MR) is 105 cm³/mol. The van der Waals surface area contributed by atoms with Crippen LogP contribution in [0.3, 0.4) is 0 Å². The summed E-state index contributed by atoms with van der Waals surface area (Å²) in [5.41, 5.74) is 0.924. The van der Waals surface area contributed by atoms with Gasteiger partial charge >= 0.3 is 0 Å². The molecule has 3 rings (SSSR count). The van der Waals surface area contributed by atoms with Crippen molar-refractivity contribution in [2.24, 2.45) is 0 Å². The van der Waals surface area contributed by atoms with Crippen LogP contribution in [0.15, 0.2) is 59.6 Å². The number of nitrogens with zero attached hydrogens (tertiary/aromatic N) is 2. The molecule has 1 heterocycles. The Labute approximate surface area is 162 Å². The van der Waals surface area contributed by atoms with Gasteiger partial charge in [0.2, 0.25) is 10.0 Å². The Morgan fingerprint density at radius 3 is 2.75 bits per heavy atom. The Morgan fingerprint density at radius 1 is 1.18 bits per heavy atom. The molecule has 0 bridgehead atoms. The number of nitro groups is 1. The summed E-state index contributed by atoms with van der Waals surface area (Å²) in [6.45, 7) is 2.00. The van der Waals surface area contributed by atoms with Gasteiger partial charge in [0.15, 0.2) is 0 Å². The highest BCUT2D eigenvalue weighted by atomic mass is 32.2. The first-order valence-electron chi connectivity index (χ1n) is 8.60. The van der Waals surface area contributed by atoms with Crippen molar-refractivity contribution in [3.05, 3.63) is 70.4 Å². The molecule has 2 aromatic carbocycles. The summed E-state index contributed by atoms with van der Waals surface area (Å²) >= 11 is 0. The topological polar surface area (TPSA) is 111 Å². The van der Waals surface area contributed by atoms with Crippen molar-refractivity contribution in [2.45, 2.75) is 18.2 Å². The van der Waals surface area contributed by atoms with Gasteiger partial charge in [0.05, 0.1) is 16.4 Å². The van der Waals surface area contributed by atoms with Gasteiger partial charge in [-0.1, -0.05) is 24.3 Å². The van der Waals surface area contributed by atoms with Gasteiger partial charge in [-0.15, -0.1) is 0 Å². The van der Waals surface area contributed by atoms with Crippen LogP contribution in [-0.2, 0) is 10.0 Å². The monoisotopic (exact) mass is 401 g/mol. The number of nitro benzene ring substituents is 1. The minimum atomic E-state index is -3.84. The summed E-state index contributed by atoms with van der Waals surface area (Å²) in [6, 6.07) is 13.2. The summed E-state index contributed by atoms with van der Waals surface area (Å²) in [5, 5.41) is 12.0. The number of pyridine rings is 1. The third kappa shape index (κ3) is 4.44. The standard InChI is InChI=1S/C19H19N3O5S/c1-14-8-9-16(13-17(14)22(23)24)28(25,26)21-11-4-12-27-18-7-2-5-15-6-3-10-20-19(15)18/h2-3,5-10,13,21H,4,11-12H2,1H3. The summed E-state index contributed by atoms with van der Waals surface area (Å²) < 4.78 is 32.8.